The van der Waals surface area contributed by atoms with E-state index in [0.29, 0.717) is 12.5 Å². The smallest absolute Gasteiger partial charge is 0.191 e. The molecule has 0 radical (unpaired) electrons. The van der Waals surface area contributed by atoms with Crippen molar-refractivity contribution in [2.45, 2.75) is 51.9 Å². The lowest BCUT2D eigenvalue weighted by Gasteiger charge is -2.03. The Hall–Kier alpha value is 0.480. The van der Waals surface area contributed by atoms with Gasteiger partial charge >= 0.3 is 0 Å². The Morgan fingerprint density at radius 1 is 1.07 bits per heavy atom. The van der Waals surface area contributed by atoms with Gasteiger partial charge in [0.05, 0.1) is 6.61 Å². The summed E-state index contributed by atoms with van der Waals surface area (Å²) in [6.07, 6.45) is 8.96. The molecule has 0 fully saturated rings. The second-order valence-corrected chi connectivity index (χ2v) is 5.69. The summed E-state index contributed by atoms with van der Waals surface area (Å²) in [7, 11) is -1.76. The van der Waals surface area contributed by atoms with Crippen LogP contribution in [0.5, 0.6) is 0 Å². The maximum absolute atomic E-state index is 11.3. The minimum atomic E-state index is -1.76. The summed E-state index contributed by atoms with van der Waals surface area (Å²) < 4.78 is 16.5. The molecule has 4 heteroatoms. The number of rotatable bonds is 11. The number of unbranched alkanes of at least 4 members (excludes halogenated alkanes) is 5. The van der Waals surface area contributed by atoms with Crippen molar-refractivity contribution in [1.82, 2.24) is 0 Å². The van der Waals surface area contributed by atoms with E-state index in [1.807, 2.05) is 0 Å². The minimum absolute atomic E-state index is 0.553. The van der Waals surface area contributed by atoms with Crippen LogP contribution in [0.2, 0.25) is 0 Å². The van der Waals surface area contributed by atoms with E-state index in [2.05, 4.69) is 6.92 Å². The summed E-state index contributed by atoms with van der Waals surface area (Å²) in [6.45, 7) is 2.76. The van der Waals surface area contributed by atoms with Crippen molar-refractivity contribution >= 4 is 19.6 Å². The zero-order valence-corrected chi connectivity index (χ0v) is 11.5. The lowest BCUT2D eigenvalue weighted by Crippen LogP contribution is -1.90. The van der Waals surface area contributed by atoms with Crippen LogP contribution in [0.15, 0.2) is 0 Å². The second kappa shape index (κ2) is 12.5. The third-order valence-corrected chi connectivity index (χ3v) is 3.83. The fraction of sp³-hybridized carbons (Fsp3) is 1.00. The van der Waals surface area contributed by atoms with Crippen molar-refractivity contribution in [2.24, 2.45) is 0 Å². The molecule has 1 atom stereocenters. The van der Waals surface area contributed by atoms with E-state index >= 15 is 0 Å². The highest BCUT2D eigenvalue weighted by Gasteiger charge is 1.99. The molecule has 0 aromatic heterocycles. The van der Waals surface area contributed by atoms with Crippen LogP contribution in [-0.4, -0.2) is 18.6 Å². The van der Waals surface area contributed by atoms with Gasteiger partial charge in [-0.3, -0.25) is 4.57 Å². The van der Waals surface area contributed by atoms with Crippen molar-refractivity contribution in [3.63, 3.8) is 0 Å². The Kier molecular flexibility index (Phi) is 13.0. The monoisotopic (exact) mass is 254 g/mol. The van der Waals surface area contributed by atoms with Crippen LogP contribution in [0.1, 0.15) is 51.9 Å². The molecule has 15 heavy (non-hydrogen) atoms. The van der Waals surface area contributed by atoms with Crippen LogP contribution in [0, 0.1) is 0 Å². The van der Waals surface area contributed by atoms with E-state index in [4.69, 9.17) is 16.1 Å². The van der Waals surface area contributed by atoms with Gasteiger partial charge in [0.15, 0.2) is 8.03 Å². The van der Waals surface area contributed by atoms with E-state index in [1.165, 1.54) is 32.1 Å². The van der Waals surface area contributed by atoms with Gasteiger partial charge in [-0.05, 0) is 12.8 Å². The highest BCUT2D eigenvalue weighted by Crippen LogP contribution is 2.24. The molecule has 0 aliphatic heterocycles. The van der Waals surface area contributed by atoms with Crippen LogP contribution in [-0.2, 0) is 9.09 Å². The normalized spacial score (nSPS) is 12.9. The highest BCUT2D eigenvalue weighted by molar-refractivity contribution is 7.39. The summed E-state index contributed by atoms with van der Waals surface area (Å²) in [4.78, 5) is 0. The standard InChI is InChI=1S/C11H24ClO2P/c1-2-3-4-5-6-7-11-15(13)14-10-8-9-12/h15H,2-11H2,1H3. The summed E-state index contributed by atoms with van der Waals surface area (Å²) in [6, 6.07) is 0. The first-order valence-electron chi connectivity index (χ1n) is 6.02. The van der Waals surface area contributed by atoms with Crippen LogP contribution >= 0.6 is 19.6 Å². The molecule has 0 aromatic carbocycles. The molecule has 2 nitrogen and oxygen atoms in total. The van der Waals surface area contributed by atoms with E-state index < -0.39 is 8.03 Å². The van der Waals surface area contributed by atoms with Crippen molar-refractivity contribution in [3.8, 4) is 0 Å². The maximum Gasteiger partial charge on any atom is 0.191 e. The molecule has 0 N–H and O–H groups in total. The van der Waals surface area contributed by atoms with Crippen molar-refractivity contribution < 1.29 is 9.09 Å². The Bertz CT molecular complexity index is 154. The molecule has 92 valence electrons. The van der Waals surface area contributed by atoms with E-state index in [1.54, 1.807) is 0 Å². The molecule has 0 amide bonds. The van der Waals surface area contributed by atoms with Crippen LogP contribution in [0.25, 0.3) is 0 Å². The van der Waals surface area contributed by atoms with Crippen LogP contribution in [0.4, 0.5) is 0 Å². The Morgan fingerprint density at radius 2 is 1.73 bits per heavy atom. The lowest BCUT2D eigenvalue weighted by atomic mass is 10.1. The van der Waals surface area contributed by atoms with E-state index in [-0.39, 0.29) is 0 Å². The molecule has 0 spiro atoms. The number of alkyl halides is 1. The average molecular weight is 255 g/mol. The summed E-state index contributed by atoms with van der Waals surface area (Å²) in [5, 5.41) is 0. The predicted molar refractivity (Wildman–Crippen MR) is 68.5 cm³/mol. The summed E-state index contributed by atoms with van der Waals surface area (Å²) in [5.74, 6) is 0.589. The molecular weight excluding hydrogens is 231 g/mol. The molecular formula is C11H24ClO2P. The third-order valence-electron chi connectivity index (χ3n) is 2.28. The fourth-order valence-corrected chi connectivity index (χ4v) is 2.53. The van der Waals surface area contributed by atoms with Gasteiger partial charge in [0, 0.05) is 12.0 Å². The Balaban J connectivity index is 3.10. The van der Waals surface area contributed by atoms with Gasteiger partial charge < -0.3 is 4.52 Å². The van der Waals surface area contributed by atoms with Gasteiger partial charge in [0.1, 0.15) is 0 Å². The van der Waals surface area contributed by atoms with Gasteiger partial charge in [0.2, 0.25) is 0 Å². The van der Waals surface area contributed by atoms with Crippen LogP contribution < -0.4 is 0 Å². The van der Waals surface area contributed by atoms with E-state index in [0.717, 1.165) is 19.0 Å². The largest absolute Gasteiger partial charge is 0.330 e. The first-order valence-corrected chi connectivity index (χ1v) is 8.08. The maximum atomic E-state index is 11.3. The Labute approximate surface area is 99.6 Å². The van der Waals surface area contributed by atoms with Gasteiger partial charge in [-0.1, -0.05) is 39.0 Å². The van der Waals surface area contributed by atoms with Gasteiger partial charge in [0.25, 0.3) is 0 Å². The average Bonchev–Trinajstić information content (AvgIpc) is 2.23. The molecule has 0 heterocycles. The van der Waals surface area contributed by atoms with Crippen molar-refractivity contribution in [3.05, 3.63) is 0 Å². The molecule has 0 rings (SSSR count). The lowest BCUT2D eigenvalue weighted by molar-refractivity contribution is 0.329. The first kappa shape index (κ1) is 15.5. The van der Waals surface area contributed by atoms with Gasteiger partial charge in [-0.2, -0.15) is 0 Å². The molecule has 0 saturated heterocycles. The fourth-order valence-electron chi connectivity index (χ4n) is 1.36. The second-order valence-electron chi connectivity index (χ2n) is 3.78. The van der Waals surface area contributed by atoms with Crippen LogP contribution in [0.3, 0.4) is 0 Å². The number of halogens is 1. The number of hydrogen-bond donors (Lipinski definition) is 0. The Morgan fingerprint density at radius 3 is 2.40 bits per heavy atom. The quantitative estimate of drug-likeness (QED) is 0.309. The predicted octanol–water partition coefficient (Wildman–Crippen LogP) is 4.47. The van der Waals surface area contributed by atoms with Gasteiger partial charge in [-0.15, -0.1) is 11.6 Å². The molecule has 1 unspecified atom stereocenters. The van der Waals surface area contributed by atoms with Crippen molar-refractivity contribution in [1.29, 1.82) is 0 Å². The molecule has 0 aliphatic rings. The first-order chi connectivity index (χ1) is 7.31. The molecule has 0 saturated carbocycles. The third kappa shape index (κ3) is 12.4. The topological polar surface area (TPSA) is 26.3 Å². The van der Waals surface area contributed by atoms with Gasteiger partial charge in [-0.25, -0.2) is 0 Å². The highest BCUT2D eigenvalue weighted by atomic mass is 35.5. The minimum Gasteiger partial charge on any atom is -0.330 e. The molecule has 0 aliphatic carbocycles. The molecule has 0 bridgehead atoms. The SMILES string of the molecule is CCCCCCCC[PH](=O)OCCCCl. The summed E-state index contributed by atoms with van der Waals surface area (Å²) in [5.41, 5.74) is 0. The van der Waals surface area contributed by atoms with E-state index in [9.17, 15) is 4.57 Å². The summed E-state index contributed by atoms with van der Waals surface area (Å²) >= 11 is 5.49. The molecule has 0 aromatic rings. The van der Waals surface area contributed by atoms with Crippen molar-refractivity contribution in [2.75, 3.05) is 18.6 Å². The zero-order valence-electron chi connectivity index (χ0n) is 9.77. The zero-order chi connectivity index (χ0) is 11.4. The number of hydrogen-bond acceptors (Lipinski definition) is 2.